The molecule has 2 aromatic heterocycles. The van der Waals surface area contributed by atoms with E-state index in [4.69, 9.17) is 5.73 Å². The number of nitrogen functional groups attached to an aromatic ring is 1. The Hall–Kier alpha value is -2.57. The molecule has 1 aliphatic heterocycles. The summed E-state index contributed by atoms with van der Waals surface area (Å²) in [5.74, 6) is 0.928. The number of imidazole rings is 1. The van der Waals surface area contributed by atoms with E-state index in [0.29, 0.717) is 24.5 Å². The van der Waals surface area contributed by atoms with Crippen LogP contribution in [0.4, 0.5) is 11.5 Å². The fourth-order valence-corrected chi connectivity index (χ4v) is 2.45. The average Bonchev–Trinajstić information content (AvgIpc) is 2.94. The highest BCUT2D eigenvalue weighted by Crippen LogP contribution is 2.15. The predicted molar refractivity (Wildman–Crippen MR) is 80.0 cm³/mol. The molecule has 21 heavy (non-hydrogen) atoms. The second kappa shape index (κ2) is 5.43. The molecule has 1 fully saturated rings. The molecular weight excluding hydrogens is 268 g/mol. The third-order valence-corrected chi connectivity index (χ3v) is 3.70. The smallest absolute Gasteiger partial charge is 0.272 e. The zero-order valence-electron chi connectivity index (χ0n) is 11.9. The molecule has 0 aromatic carbocycles. The normalized spacial score (nSPS) is 15.3. The predicted octanol–water partition coefficient (Wildman–Crippen LogP) is 0.360. The van der Waals surface area contributed by atoms with E-state index < -0.39 is 0 Å². The molecule has 2 N–H and O–H groups in total. The highest BCUT2D eigenvalue weighted by molar-refractivity contribution is 5.92. The van der Waals surface area contributed by atoms with Crippen LogP contribution in [0.3, 0.4) is 0 Å². The first-order chi connectivity index (χ1) is 10.1. The maximum atomic E-state index is 12.4. The Morgan fingerprint density at radius 1 is 1.19 bits per heavy atom. The first kappa shape index (κ1) is 13.4. The van der Waals surface area contributed by atoms with Gasteiger partial charge in [-0.3, -0.25) is 4.79 Å². The van der Waals surface area contributed by atoms with Crippen LogP contribution in [0.5, 0.6) is 0 Å². The van der Waals surface area contributed by atoms with Crippen LogP contribution in [0.1, 0.15) is 10.5 Å². The number of carbonyl (C=O) groups is 1. The van der Waals surface area contributed by atoms with Crippen LogP contribution >= 0.6 is 0 Å². The van der Waals surface area contributed by atoms with Gasteiger partial charge < -0.3 is 20.1 Å². The molecule has 0 unspecified atom stereocenters. The van der Waals surface area contributed by atoms with Gasteiger partial charge in [-0.05, 0) is 12.1 Å². The zero-order valence-corrected chi connectivity index (χ0v) is 11.9. The maximum Gasteiger partial charge on any atom is 0.272 e. The monoisotopic (exact) mass is 286 g/mol. The molecule has 0 aliphatic carbocycles. The van der Waals surface area contributed by atoms with Crippen molar-refractivity contribution in [1.29, 1.82) is 0 Å². The lowest BCUT2D eigenvalue weighted by Gasteiger charge is -2.35. The molecule has 3 heterocycles. The van der Waals surface area contributed by atoms with E-state index in [9.17, 15) is 4.79 Å². The van der Waals surface area contributed by atoms with Crippen molar-refractivity contribution < 1.29 is 4.79 Å². The number of hydrogen-bond donors (Lipinski definition) is 1. The number of piperazine rings is 1. The summed E-state index contributed by atoms with van der Waals surface area (Å²) in [5.41, 5.74) is 6.92. The number of nitrogens with two attached hydrogens (primary N) is 1. The van der Waals surface area contributed by atoms with Crippen molar-refractivity contribution in [1.82, 2.24) is 19.4 Å². The van der Waals surface area contributed by atoms with E-state index >= 15 is 0 Å². The van der Waals surface area contributed by atoms with Crippen LogP contribution in [0.25, 0.3) is 0 Å². The van der Waals surface area contributed by atoms with Crippen molar-refractivity contribution in [2.45, 2.75) is 0 Å². The SMILES string of the molecule is Cn1cncc1C(=O)N1CCN(c2ccc(N)cn2)CC1. The first-order valence-electron chi connectivity index (χ1n) is 6.87. The summed E-state index contributed by atoms with van der Waals surface area (Å²) >= 11 is 0. The summed E-state index contributed by atoms with van der Waals surface area (Å²) in [5, 5.41) is 0. The Morgan fingerprint density at radius 2 is 1.95 bits per heavy atom. The topological polar surface area (TPSA) is 80.3 Å². The highest BCUT2D eigenvalue weighted by atomic mass is 16.2. The highest BCUT2D eigenvalue weighted by Gasteiger charge is 2.24. The molecule has 0 spiro atoms. The molecule has 0 radical (unpaired) electrons. The van der Waals surface area contributed by atoms with E-state index in [0.717, 1.165) is 18.9 Å². The van der Waals surface area contributed by atoms with Crippen LogP contribution in [0.2, 0.25) is 0 Å². The number of rotatable bonds is 2. The molecule has 0 bridgehead atoms. The lowest BCUT2D eigenvalue weighted by Crippen LogP contribution is -2.49. The van der Waals surface area contributed by atoms with E-state index in [1.165, 1.54) is 0 Å². The second-order valence-electron chi connectivity index (χ2n) is 5.12. The van der Waals surface area contributed by atoms with Crippen LogP contribution < -0.4 is 10.6 Å². The van der Waals surface area contributed by atoms with Crippen LogP contribution in [-0.2, 0) is 7.05 Å². The number of hydrogen-bond acceptors (Lipinski definition) is 5. The number of aryl methyl sites for hydroxylation is 1. The summed E-state index contributed by atoms with van der Waals surface area (Å²) < 4.78 is 1.75. The van der Waals surface area contributed by atoms with Gasteiger partial charge in [0, 0.05) is 33.2 Å². The summed E-state index contributed by atoms with van der Waals surface area (Å²) in [6, 6.07) is 3.75. The Bertz CT molecular complexity index is 627. The summed E-state index contributed by atoms with van der Waals surface area (Å²) in [7, 11) is 1.83. The minimum Gasteiger partial charge on any atom is -0.397 e. The van der Waals surface area contributed by atoms with Gasteiger partial charge in [0.15, 0.2) is 0 Å². The van der Waals surface area contributed by atoms with Gasteiger partial charge in [-0.15, -0.1) is 0 Å². The van der Waals surface area contributed by atoms with Crippen molar-refractivity contribution in [3.63, 3.8) is 0 Å². The number of anilines is 2. The lowest BCUT2D eigenvalue weighted by molar-refractivity contribution is 0.0737. The Balaban J connectivity index is 1.64. The van der Waals surface area contributed by atoms with E-state index in [-0.39, 0.29) is 5.91 Å². The largest absolute Gasteiger partial charge is 0.397 e. The van der Waals surface area contributed by atoms with E-state index in [2.05, 4.69) is 14.9 Å². The van der Waals surface area contributed by atoms with Gasteiger partial charge in [0.1, 0.15) is 11.5 Å². The van der Waals surface area contributed by atoms with Crippen LogP contribution in [0, 0.1) is 0 Å². The van der Waals surface area contributed by atoms with E-state index in [1.807, 2.05) is 24.1 Å². The van der Waals surface area contributed by atoms with Crippen molar-refractivity contribution in [3.8, 4) is 0 Å². The van der Waals surface area contributed by atoms with Gasteiger partial charge in [-0.25, -0.2) is 9.97 Å². The molecule has 1 aliphatic rings. The van der Waals surface area contributed by atoms with Gasteiger partial charge in [0.05, 0.1) is 24.4 Å². The third-order valence-electron chi connectivity index (χ3n) is 3.70. The number of nitrogens with zero attached hydrogens (tertiary/aromatic N) is 5. The molecule has 1 saturated heterocycles. The standard InChI is InChI=1S/C14H18N6O/c1-18-10-16-9-12(18)14(21)20-6-4-19(5-7-20)13-3-2-11(15)8-17-13/h2-3,8-10H,4-7,15H2,1H3. The molecule has 7 nitrogen and oxygen atoms in total. The molecule has 7 heteroatoms. The van der Waals surface area contributed by atoms with Crippen molar-refractivity contribution in [3.05, 3.63) is 36.5 Å². The van der Waals surface area contributed by atoms with Crippen molar-refractivity contribution in [2.75, 3.05) is 36.8 Å². The van der Waals surface area contributed by atoms with Gasteiger partial charge in [-0.1, -0.05) is 0 Å². The number of pyridine rings is 1. The van der Waals surface area contributed by atoms with Crippen LogP contribution in [-0.4, -0.2) is 51.5 Å². The van der Waals surface area contributed by atoms with E-state index in [1.54, 1.807) is 23.3 Å². The van der Waals surface area contributed by atoms with Gasteiger partial charge in [0.2, 0.25) is 0 Å². The van der Waals surface area contributed by atoms with Crippen molar-refractivity contribution >= 4 is 17.4 Å². The van der Waals surface area contributed by atoms with Gasteiger partial charge in [0.25, 0.3) is 5.91 Å². The Kier molecular flexibility index (Phi) is 3.47. The minimum atomic E-state index is 0.0277. The molecule has 3 rings (SSSR count). The molecular formula is C14H18N6O. The third kappa shape index (κ3) is 2.67. The molecule has 1 amide bonds. The molecule has 0 saturated carbocycles. The minimum absolute atomic E-state index is 0.0277. The number of carbonyl (C=O) groups excluding carboxylic acids is 1. The quantitative estimate of drug-likeness (QED) is 0.862. The molecule has 110 valence electrons. The van der Waals surface area contributed by atoms with Gasteiger partial charge >= 0.3 is 0 Å². The molecule has 2 aromatic rings. The summed E-state index contributed by atoms with van der Waals surface area (Å²) in [6.07, 6.45) is 4.90. The number of amides is 1. The fourth-order valence-electron chi connectivity index (χ4n) is 2.45. The fraction of sp³-hybridized carbons (Fsp3) is 0.357. The summed E-state index contributed by atoms with van der Waals surface area (Å²) in [4.78, 5) is 24.7. The Morgan fingerprint density at radius 3 is 2.52 bits per heavy atom. The lowest BCUT2D eigenvalue weighted by atomic mass is 10.2. The van der Waals surface area contributed by atoms with Gasteiger partial charge in [-0.2, -0.15) is 0 Å². The molecule has 0 atom stereocenters. The summed E-state index contributed by atoms with van der Waals surface area (Å²) in [6.45, 7) is 2.88. The first-order valence-corrected chi connectivity index (χ1v) is 6.87. The second-order valence-corrected chi connectivity index (χ2v) is 5.12. The van der Waals surface area contributed by atoms with Crippen LogP contribution in [0.15, 0.2) is 30.9 Å². The number of aromatic nitrogens is 3. The average molecular weight is 286 g/mol. The zero-order chi connectivity index (χ0) is 14.8. The Labute approximate surface area is 123 Å². The van der Waals surface area contributed by atoms with Crippen molar-refractivity contribution in [2.24, 2.45) is 7.05 Å². The maximum absolute atomic E-state index is 12.4.